The van der Waals surface area contributed by atoms with E-state index in [-0.39, 0.29) is 11.1 Å². The van der Waals surface area contributed by atoms with Crippen molar-refractivity contribution < 1.29 is 9.53 Å². The number of nitriles is 1. The normalized spacial score (nSPS) is 10.4. The molecule has 124 valence electrons. The standard InChI is InChI=1S/C20H16N2O3/c1-25-20(24)17-11-18(23)16-10-14(9-15(12-21)19(16)22-17)8-7-13-5-3-2-4-6-13/h2-6,9-11H,7-8H2,1H3,(H,22,23). The minimum Gasteiger partial charge on any atom is -0.464 e. The summed E-state index contributed by atoms with van der Waals surface area (Å²) >= 11 is 0. The number of aromatic nitrogens is 1. The van der Waals surface area contributed by atoms with E-state index < -0.39 is 5.97 Å². The van der Waals surface area contributed by atoms with Gasteiger partial charge in [-0.2, -0.15) is 5.26 Å². The number of carbonyl (C=O) groups is 1. The third-order valence-electron chi connectivity index (χ3n) is 4.07. The van der Waals surface area contributed by atoms with Crippen LogP contribution < -0.4 is 5.43 Å². The highest BCUT2D eigenvalue weighted by Crippen LogP contribution is 2.19. The molecule has 0 unspecified atom stereocenters. The van der Waals surface area contributed by atoms with Crippen molar-refractivity contribution in [2.75, 3.05) is 7.11 Å². The van der Waals surface area contributed by atoms with Crippen molar-refractivity contribution in [2.45, 2.75) is 12.8 Å². The maximum Gasteiger partial charge on any atom is 0.354 e. The van der Waals surface area contributed by atoms with Crippen molar-refractivity contribution in [3.8, 4) is 6.07 Å². The zero-order valence-corrected chi connectivity index (χ0v) is 13.7. The van der Waals surface area contributed by atoms with Gasteiger partial charge < -0.3 is 9.72 Å². The molecule has 5 nitrogen and oxygen atoms in total. The second-order valence-electron chi connectivity index (χ2n) is 5.70. The Hall–Kier alpha value is -3.39. The van der Waals surface area contributed by atoms with Crippen LogP contribution in [0.4, 0.5) is 0 Å². The monoisotopic (exact) mass is 332 g/mol. The van der Waals surface area contributed by atoms with Gasteiger partial charge >= 0.3 is 5.97 Å². The molecule has 3 aromatic rings. The lowest BCUT2D eigenvalue weighted by Gasteiger charge is -2.08. The van der Waals surface area contributed by atoms with Gasteiger partial charge in [0.1, 0.15) is 11.8 Å². The number of carbonyl (C=O) groups excluding carboxylic acids is 1. The van der Waals surface area contributed by atoms with Gasteiger partial charge in [0.25, 0.3) is 0 Å². The van der Waals surface area contributed by atoms with Crippen LogP contribution in [0.15, 0.2) is 53.3 Å². The number of fused-ring (bicyclic) bond motifs is 1. The molecule has 0 amide bonds. The fourth-order valence-electron chi connectivity index (χ4n) is 2.80. The van der Waals surface area contributed by atoms with E-state index in [9.17, 15) is 14.9 Å². The molecule has 0 atom stereocenters. The molecule has 1 aromatic heterocycles. The first-order valence-electron chi connectivity index (χ1n) is 7.84. The van der Waals surface area contributed by atoms with Crippen LogP contribution in [0, 0.1) is 11.3 Å². The van der Waals surface area contributed by atoms with Crippen LogP contribution in [0.2, 0.25) is 0 Å². The van der Waals surface area contributed by atoms with Gasteiger partial charge in [0, 0.05) is 11.5 Å². The highest BCUT2D eigenvalue weighted by Gasteiger charge is 2.13. The first-order valence-corrected chi connectivity index (χ1v) is 7.84. The quantitative estimate of drug-likeness (QED) is 0.745. The molecular weight excluding hydrogens is 316 g/mol. The number of rotatable bonds is 4. The molecule has 0 fully saturated rings. The molecule has 2 aromatic carbocycles. The van der Waals surface area contributed by atoms with Crippen molar-refractivity contribution in [1.82, 2.24) is 4.98 Å². The number of hydrogen-bond donors (Lipinski definition) is 1. The summed E-state index contributed by atoms with van der Waals surface area (Å²) in [4.78, 5) is 26.9. The first kappa shape index (κ1) is 16.5. The van der Waals surface area contributed by atoms with Crippen molar-refractivity contribution >= 4 is 16.9 Å². The highest BCUT2D eigenvalue weighted by atomic mass is 16.5. The number of methoxy groups -OCH3 is 1. The number of hydrogen-bond acceptors (Lipinski definition) is 4. The van der Waals surface area contributed by atoms with E-state index in [0.29, 0.717) is 22.9 Å². The number of esters is 1. The zero-order chi connectivity index (χ0) is 17.8. The molecule has 0 saturated carbocycles. The second-order valence-corrected chi connectivity index (χ2v) is 5.70. The minimum absolute atomic E-state index is 0.0357. The molecule has 0 aliphatic rings. The van der Waals surface area contributed by atoms with E-state index in [0.717, 1.165) is 12.0 Å². The third kappa shape index (κ3) is 3.43. The smallest absolute Gasteiger partial charge is 0.354 e. The maximum atomic E-state index is 12.4. The fourth-order valence-corrected chi connectivity index (χ4v) is 2.80. The van der Waals surface area contributed by atoms with Crippen LogP contribution in [-0.2, 0) is 17.6 Å². The van der Waals surface area contributed by atoms with Gasteiger partial charge in [0.05, 0.1) is 18.2 Å². The van der Waals surface area contributed by atoms with E-state index in [1.54, 1.807) is 12.1 Å². The van der Waals surface area contributed by atoms with Crippen LogP contribution in [-0.4, -0.2) is 18.1 Å². The molecule has 0 aliphatic carbocycles. The maximum absolute atomic E-state index is 12.4. The number of nitrogens with one attached hydrogen (secondary N) is 1. The van der Waals surface area contributed by atoms with Crippen LogP contribution in [0.3, 0.4) is 0 Å². The molecule has 5 heteroatoms. The zero-order valence-electron chi connectivity index (χ0n) is 13.7. The number of benzene rings is 2. The number of aromatic amines is 1. The molecular formula is C20H16N2O3. The molecule has 25 heavy (non-hydrogen) atoms. The SMILES string of the molecule is COC(=O)c1cc(=O)c2cc(CCc3ccccc3)cc(C#N)c2[nH]1. The van der Waals surface area contributed by atoms with E-state index in [1.165, 1.54) is 18.7 Å². The molecule has 0 radical (unpaired) electrons. The molecule has 0 spiro atoms. The van der Waals surface area contributed by atoms with Crippen LogP contribution >= 0.6 is 0 Å². The van der Waals surface area contributed by atoms with Crippen molar-refractivity contribution in [3.05, 3.63) is 81.1 Å². The lowest BCUT2D eigenvalue weighted by molar-refractivity contribution is 0.0594. The molecule has 3 rings (SSSR count). The van der Waals surface area contributed by atoms with Gasteiger partial charge in [-0.05, 0) is 36.1 Å². The van der Waals surface area contributed by atoms with Crippen LogP contribution in [0.1, 0.15) is 27.2 Å². The van der Waals surface area contributed by atoms with Gasteiger partial charge in [-0.25, -0.2) is 4.79 Å². The van der Waals surface area contributed by atoms with E-state index >= 15 is 0 Å². The molecule has 1 N–H and O–H groups in total. The second kappa shape index (κ2) is 7.02. The van der Waals surface area contributed by atoms with Gasteiger partial charge in [-0.3, -0.25) is 4.79 Å². The topological polar surface area (TPSA) is 82.9 Å². The summed E-state index contributed by atoms with van der Waals surface area (Å²) in [5.74, 6) is -0.643. The van der Waals surface area contributed by atoms with Crippen molar-refractivity contribution in [2.24, 2.45) is 0 Å². The fraction of sp³-hybridized carbons (Fsp3) is 0.150. The Morgan fingerprint density at radius 1 is 1.12 bits per heavy atom. The Labute approximate surface area is 144 Å². The van der Waals surface area contributed by atoms with Gasteiger partial charge in [-0.1, -0.05) is 30.3 Å². The van der Waals surface area contributed by atoms with Gasteiger partial charge in [0.15, 0.2) is 5.43 Å². The average molecular weight is 332 g/mol. The predicted octanol–water partition coefficient (Wildman–Crippen LogP) is 2.97. The number of pyridine rings is 1. The molecule has 0 aliphatic heterocycles. The number of nitrogens with zero attached hydrogens (tertiary/aromatic N) is 1. The van der Waals surface area contributed by atoms with E-state index in [4.69, 9.17) is 0 Å². The number of H-pyrrole nitrogens is 1. The summed E-state index contributed by atoms with van der Waals surface area (Å²) < 4.78 is 4.63. The first-order chi connectivity index (χ1) is 12.1. The van der Waals surface area contributed by atoms with Gasteiger partial charge in [0.2, 0.25) is 0 Å². The van der Waals surface area contributed by atoms with Crippen LogP contribution in [0.5, 0.6) is 0 Å². The summed E-state index contributed by atoms with van der Waals surface area (Å²) in [6.07, 6.45) is 1.53. The lowest BCUT2D eigenvalue weighted by atomic mass is 9.99. The van der Waals surface area contributed by atoms with E-state index in [2.05, 4.69) is 15.8 Å². The number of aryl methyl sites for hydroxylation is 2. The number of ether oxygens (including phenoxy) is 1. The van der Waals surface area contributed by atoms with Crippen molar-refractivity contribution in [1.29, 1.82) is 5.26 Å². The lowest BCUT2D eigenvalue weighted by Crippen LogP contribution is -2.12. The predicted molar refractivity (Wildman–Crippen MR) is 94.5 cm³/mol. The molecule has 0 bridgehead atoms. The Kier molecular flexibility index (Phi) is 4.62. The summed E-state index contributed by atoms with van der Waals surface area (Å²) in [6.45, 7) is 0. The summed E-state index contributed by atoms with van der Waals surface area (Å²) in [7, 11) is 1.24. The Bertz CT molecular complexity index is 1030. The minimum atomic E-state index is -0.643. The Morgan fingerprint density at radius 3 is 2.52 bits per heavy atom. The van der Waals surface area contributed by atoms with Crippen molar-refractivity contribution in [3.63, 3.8) is 0 Å². The largest absolute Gasteiger partial charge is 0.464 e. The van der Waals surface area contributed by atoms with E-state index in [1.807, 2.05) is 30.3 Å². The third-order valence-corrected chi connectivity index (χ3v) is 4.07. The summed E-state index contributed by atoms with van der Waals surface area (Å²) in [5.41, 5.74) is 2.52. The Morgan fingerprint density at radius 2 is 1.84 bits per heavy atom. The molecule has 1 heterocycles. The summed E-state index contributed by atoms with van der Waals surface area (Å²) in [5, 5.41) is 9.83. The molecule has 0 saturated heterocycles. The average Bonchev–Trinajstić information content (AvgIpc) is 2.66. The Balaban J connectivity index is 2.03. The van der Waals surface area contributed by atoms with Gasteiger partial charge in [-0.15, -0.1) is 0 Å². The van der Waals surface area contributed by atoms with Crippen LogP contribution in [0.25, 0.3) is 10.9 Å². The highest BCUT2D eigenvalue weighted by molar-refractivity contribution is 5.92. The summed E-state index contributed by atoms with van der Waals surface area (Å²) in [6, 6.07) is 16.8.